The van der Waals surface area contributed by atoms with Crippen molar-refractivity contribution in [3.05, 3.63) is 72.9 Å². The number of carboxylic acids is 1. The average molecular weight is 1030 g/mol. The lowest BCUT2D eigenvalue weighted by Gasteiger charge is -2.40. The Bertz CT molecular complexity index is 1550. The second-order valence-corrected chi connectivity index (χ2v) is 19.6. The molecule has 1 fully saturated rings. The van der Waals surface area contributed by atoms with Crippen LogP contribution >= 0.6 is 0 Å². The van der Waals surface area contributed by atoms with Crippen LogP contribution in [-0.2, 0) is 42.9 Å². The van der Waals surface area contributed by atoms with Gasteiger partial charge < -0.3 is 39.0 Å². The van der Waals surface area contributed by atoms with E-state index in [1.165, 1.54) is 96.3 Å². The van der Waals surface area contributed by atoms with Gasteiger partial charge in [0.05, 0.1) is 13.0 Å². The number of carboxylic acid groups (broad SMARTS) is 1. The number of ether oxygens (including phenoxy) is 5. The molecular weight excluding hydrogens is 925 g/mol. The zero-order chi connectivity index (χ0) is 53.3. The Labute approximate surface area is 442 Å². The second-order valence-electron chi connectivity index (χ2n) is 19.6. The molecule has 0 aromatic carbocycles. The molecule has 0 radical (unpaired) electrons. The number of aliphatic carboxylic acids is 1. The van der Waals surface area contributed by atoms with Gasteiger partial charge in [0.1, 0.15) is 18.8 Å². The van der Waals surface area contributed by atoms with Gasteiger partial charge in [0.2, 0.25) is 0 Å². The van der Waals surface area contributed by atoms with Gasteiger partial charge in [0.15, 0.2) is 24.6 Å². The van der Waals surface area contributed by atoms with E-state index < -0.39 is 67.3 Å². The van der Waals surface area contributed by atoms with Crippen molar-refractivity contribution in [3.8, 4) is 0 Å². The highest BCUT2D eigenvalue weighted by Gasteiger charge is 2.50. The van der Waals surface area contributed by atoms with Crippen molar-refractivity contribution < 1.29 is 58.2 Å². The first-order valence-corrected chi connectivity index (χ1v) is 28.9. The van der Waals surface area contributed by atoms with Crippen LogP contribution in [0.15, 0.2) is 72.9 Å². The van der Waals surface area contributed by atoms with Crippen LogP contribution in [0.2, 0.25) is 0 Å². The fourth-order valence-corrected chi connectivity index (χ4v) is 8.38. The van der Waals surface area contributed by atoms with Crippen LogP contribution in [0.25, 0.3) is 0 Å². The smallest absolute Gasteiger partial charge is 0.335 e. The average Bonchev–Trinajstić information content (AvgIpc) is 3.37. The molecule has 0 aromatic heterocycles. The van der Waals surface area contributed by atoms with Crippen molar-refractivity contribution >= 4 is 23.9 Å². The van der Waals surface area contributed by atoms with Gasteiger partial charge in [-0.05, 0) is 70.6 Å². The molecule has 3 N–H and O–H groups in total. The number of hydrogen-bond acceptors (Lipinski definition) is 11. The van der Waals surface area contributed by atoms with Crippen molar-refractivity contribution in [1.29, 1.82) is 0 Å². The summed E-state index contributed by atoms with van der Waals surface area (Å²) in [6.07, 6.45) is 49.0. The van der Waals surface area contributed by atoms with Crippen LogP contribution in [0.4, 0.5) is 0 Å². The Morgan fingerprint density at radius 2 is 0.904 bits per heavy atom. The van der Waals surface area contributed by atoms with E-state index in [1.54, 1.807) is 6.08 Å². The predicted octanol–water partition coefficient (Wildman–Crippen LogP) is 14.6. The summed E-state index contributed by atoms with van der Waals surface area (Å²) in [6, 6.07) is 0. The molecule has 0 spiro atoms. The lowest BCUT2D eigenvalue weighted by Crippen LogP contribution is -2.61. The van der Waals surface area contributed by atoms with Gasteiger partial charge in [-0.2, -0.15) is 0 Å². The standard InChI is InChI=1S/C61H102O12/c1-4-7-10-13-16-19-22-25-27-30-32-35-38-41-44-47-53(62)69-50-52(71-54(63)48-45-42-39-36-33-29-24-21-18-15-12-9-6-3)51-70-61-59(57(66)56(65)58(73-61)60(67)68)72-55(64)49-46-43-40-37-34-31-28-26-23-20-17-14-11-8-5-2/h7,10,16,19,25-28,32,35,41,44,52,56-59,61,65-66H,4-6,8-9,11-15,17-18,20-24,29-31,33-34,36-40,42-43,45-51H2,1-3H3,(H,67,68)/b10-7-,19-16-,27-25-,28-26-,35-32-,44-41-. The summed E-state index contributed by atoms with van der Waals surface area (Å²) in [5.74, 6) is -3.29. The van der Waals surface area contributed by atoms with Gasteiger partial charge in [-0.1, -0.05) is 222 Å². The summed E-state index contributed by atoms with van der Waals surface area (Å²) in [5, 5.41) is 31.4. The summed E-state index contributed by atoms with van der Waals surface area (Å²) < 4.78 is 28.3. The van der Waals surface area contributed by atoms with Gasteiger partial charge in [0.25, 0.3) is 0 Å². The molecule has 6 unspecified atom stereocenters. The fourth-order valence-electron chi connectivity index (χ4n) is 8.38. The molecule has 0 saturated carbocycles. The molecule has 73 heavy (non-hydrogen) atoms. The first kappa shape index (κ1) is 67.2. The van der Waals surface area contributed by atoms with Crippen molar-refractivity contribution in [2.24, 2.45) is 0 Å². The number of aliphatic hydroxyl groups excluding tert-OH is 2. The van der Waals surface area contributed by atoms with Gasteiger partial charge in [-0.3, -0.25) is 14.4 Å². The molecule has 6 atom stereocenters. The number of esters is 3. The van der Waals surface area contributed by atoms with Crippen LogP contribution in [0, 0.1) is 0 Å². The first-order valence-electron chi connectivity index (χ1n) is 28.9. The molecule has 418 valence electrons. The summed E-state index contributed by atoms with van der Waals surface area (Å²) >= 11 is 0. The first-order chi connectivity index (χ1) is 35.6. The van der Waals surface area contributed by atoms with Crippen molar-refractivity contribution in [2.45, 2.75) is 276 Å². The van der Waals surface area contributed by atoms with E-state index in [1.807, 2.05) is 12.2 Å². The molecule has 1 aliphatic rings. The molecule has 0 bridgehead atoms. The Morgan fingerprint density at radius 3 is 1.37 bits per heavy atom. The third kappa shape index (κ3) is 39.3. The van der Waals surface area contributed by atoms with E-state index >= 15 is 0 Å². The molecule has 12 nitrogen and oxygen atoms in total. The minimum atomic E-state index is -1.92. The van der Waals surface area contributed by atoms with Crippen molar-refractivity contribution in [3.63, 3.8) is 0 Å². The van der Waals surface area contributed by atoms with E-state index in [0.717, 1.165) is 83.5 Å². The maximum Gasteiger partial charge on any atom is 0.335 e. The molecule has 1 heterocycles. The Balaban J connectivity index is 2.75. The van der Waals surface area contributed by atoms with Crippen LogP contribution in [0.1, 0.15) is 239 Å². The molecule has 0 aliphatic carbocycles. The molecular formula is C61H102O12. The minimum Gasteiger partial charge on any atom is -0.479 e. The third-order valence-corrected chi connectivity index (χ3v) is 12.8. The van der Waals surface area contributed by atoms with E-state index in [9.17, 15) is 34.5 Å². The second kappa shape index (κ2) is 49.1. The highest BCUT2D eigenvalue weighted by Crippen LogP contribution is 2.26. The van der Waals surface area contributed by atoms with E-state index in [-0.39, 0.29) is 25.9 Å². The lowest BCUT2D eigenvalue weighted by molar-refractivity contribution is -0.301. The number of hydrogen-bond donors (Lipinski definition) is 3. The fraction of sp³-hybridized carbons (Fsp3) is 0.738. The maximum absolute atomic E-state index is 13.1. The van der Waals surface area contributed by atoms with Gasteiger partial charge in [0, 0.05) is 12.8 Å². The summed E-state index contributed by atoms with van der Waals surface area (Å²) in [7, 11) is 0. The molecule has 1 rings (SSSR count). The Morgan fingerprint density at radius 1 is 0.479 bits per heavy atom. The van der Waals surface area contributed by atoms with Crippen molar-refractivity contribution in [2.75, 3.05) is 13.2 Å². The third-order valence-electron chi connectivity index (χ3n) is 12.8. The molecule has 0 amide bonds. The summed E-state index contributed by atoms with van der Waals surface area (Å²) in [5.41, 5.74) is 0. The van der Waals surface area contributed by atoms with Crippen LogP contribution in [0.3, 0.4) is 0 Å². The minimum absolute atomic E-state index is 0.0150. The van der Waals surface area contributed by atoms with Gasteiger partial charge >= 0.3 is 23.9 Å². The number of carbonyl (C=O) groups excluding carboxylic acids is 3. The number of unbranched alkanes of at least 4 members (excludes halogenated alkanes) is 23. The zero-order valence-corrected chi connectivity index (χ0v) is 45.9. The van der Waals surface area contributed by atoms with E-state index in [0.29, 0.717) is 19.3 Å². The largest absolute Gasteiger partial charge is 0.479 e. The quantitative estimate of drug-likeness (QED) is 0.0228. The molecule has 1 aliphatic heterocycles. The summed E-state index contributed by atoms with van der Waals surface area (Å²) in [4.78, 5) is 51.0. The number of allylic oxidation sites excluding steroid dienone is 11. The highest BCUT2D eigenvalue weighted by atomic mass is 16.7. The molecule has 0 aromatic rings. The number of aliphatic hydroxyl groups is 2. The van der Waals surface area contributed by atoms with Crippen molar-refractivity contribution in [1.82, 2.24) is 0 Å². The number of carbonyl (C=O) groups is 4. The molecule has 12 heteroatoms. The van der Waals surface area contributed by atoms with E-state index in [4.69, 9.17) is 23.7 Å². The molecule has 1 saturated heterocycles. The monoisotopic (exact) mass is 1030 g/mol. The lowest BCUT2D eigenvalue weighted by atomic mass is 9.98. The zero-order valence-electron chi connectivity index (χ0n) is 45.9. The predicted molar refractivity (Wildman–Crippen MR) is 294 cm³/mol. The highest BCUT2D eigenvalue weighted by molar-refractivity contribution is 5.74. The number of rotatable bonds is 48. The maximum atomic E-state index is 13.1. The van der Waals surface area contributed by atoms with E-state index in [2.05, 4.69) is 75.5 Å². The topological polar surface area (TPSA) is 175 Å². The normalized spacial score (nSPS) is 18.8. The van der Waals surface area contributed by atoms with Crippen LogP contribution < -0.4 is 0 Å². The van der Waals surface area contributed by atoms with Crippen LogP contribution in [-0.4, -0.2) is 89.2 Å². The van der Waals surface area contributed by atoms with Crippen LogP contribution in [0.5, 0.6) is 0 Å². The summed E-state index contributed by atoms with van der Waals surface area (Å²) in [6.45, 7) is 5.78. The Hall–Kier alpha value is -3.84. The SMILES string of the molecule is CC/C=C\C/C=C\C/C=C\C/C=C\C/C=C\CC(=O)OCC(COC1OC(C(=O)O)C(O)C(O)C1OC(=O)CCCCCCC/C=C\CCCCCCCC)OC(=O)CCCCCCCCCCCCCCC. The Kier molecular flexibility index (Phi) is 45.1. The van der Waals surface area contributed by atoms with Gasteiger partial charge in [-0.25, -0.2) is 4.79 Å². The van der Waals surface area contributed by atoms with Gasteiger partial charge in [-0.15, -0.1) is 0 Å².